The van der Waals surface area contributed by atoms with Gasteiger partial charge in [0.2, 0.25) is 5.91 Å². The van der Waals surface area contributed by atoms with Gasteiger partial charge in [-0.1, -0.05) is 22.5 Å². The van der Waals surface area contributed by atoms with E-state index < -0.39 is 0 Å². The average Bonchev–Trinajstić information content (AvgIpc) is 2.09. The van der Waals surface area contributed by atoms with Crippen LogP contribution in [-0.4, -0.2) is 5.91 Å². The van der Waals surface area contributed by atoms with Gasteiger partial charge in [0.25, 0.3) is 0 Å². The summed E-state index contributed by atoms with van der Waals surface area (Å²) in [6.07, 6.45) is 1.25. The van der Waals surface area contributed by atoms with Crippen LogP contribution in [0.25, 0.3) is 0 Å². The maximum Gasteiger partial charge on any atom is 0.247 e. The topological polar surface area (TPSA) is 29.1 Å². The Hall–Kier alpha value is -0.360. The first-order valence-corrected chi connectivity index (χ1v) is 5.39. The number of amides is 1. The molecular formula is C9H7BrINO. The molecule has 0 atom stereocenters. The lowest BCUT2D eigenvalue weighted by Gasteiger charge is -2.04. The van der Waals surface area contributed by atoms with E-state index in [1.807, 2.05) is 18.2 Å². The molecule has 0 saturated heterocycles. The van der Waals surface area contributed by atoms with Crippen molar-refractivity contribution in [3.05, 3.63) is 38.9 Å². The summed E-state index contributed by atoms with van der Waals surface area (Å²) in [5.74, 6) is -0.194. The standard InChI is InChI=1S/C9H7BrINO/c1-2-9(13)12-8-4-3-6(10)5-7(8)11/h2-5H,1H2,(H,12,13). The van der Waals surface area contributed by atoms with Gasteiger partial charge < -0.3 is 5.32 Å². The lowest BCUT2D eigenvalue weighted by Crippen LogP contribution is -2.08. The van der Waals surface area contributed by atoms with E-state index in [2.05, 4.69) is 50.4 Å². The summed E-state index contributed by atoms with van der Waals surface area (Å²) in [5, 5.41) is 2.70. The molecule has 0 fully saturated rings. The van der Waals surface area contributed by atoms with Crippen molar-refractivity contribution >= 4 is 50.1 Å². The zero-order valence-corrected chi connectivity index (χ0v) is 10.4. The van der Waals surface area contributed by atoms with Crippen LogP contribution in [0.2, 0.25) is 0 Å². The number of carbonyl (C=O) groups is 1. The first-order chi connectivity index (χ1) is 6.13. The van der Waals surface area contributed by atoms with Gasteiger partial charge in [-0.25, -0.2) is 0 Å². The fourth-order valence-electron chi connectivity index (χ4n) is 0.775. The maximum atomic E-state index is 11.0. The molecule has 1 N–H and O–H groups in total. The predicted octanol–water partition coefficient (Wildman–Crippen LogP) is 3.18. The van der Waals surface area contributed by atoms with Gasteiger partial charge in [0.1, 0.15) is 0 Å². The average molecular weight is 352 g/mol. The summed E-state index contributed by atoms with van der Waals surface area (Å²) in [6.45, 7) is 3.38. The number of halogens is 2. The minimum absolute atomic E-state index is 0.194. The molecule has 2 nitrogen and oxygen atoms in total. The van der Waals surface area contributed by atoms with Crippen LogP contribution in [0.4, 0.5) is 5.69 Å². The largest absolute Gasteiger partial charge is 0.322 e. The third kappa shape index (κ3) is 3.11. The van der Waals surface area contributed by atoms with E-state index in [1.165, 1.54) is 6.08 Å². The highest BCUT2D eigenvalue weighted by molar-refractivity contribution is 14.1. The molecule has 0 aromatic heterocycles. The Bertz CT molecular complexity index is 351. The maximum absolute atomic E-state index is 11.0. The van der Waals surface area contributed by atoms with Crippen LogP contribution in [-0.2, 0) is 4.79 Å². The summed E-state index contributed by atoms with van der Waals surface area (Å²) in [6, 6.07) is 5.65. The Morgan fingerprint density at radius 3 is 2.85 bits per heavy atom. The first-order valence-electron chi connectivity index (χ1n) is 3.52. The molecule has 4 heteroatoms. The molecule has 0 aliphatic rings. The fraction of sp³-hybridized carbons (Fsp3) is 0. The van der Waals surface area contributed by atoms with Gasteiger partial charge in [-0.05, 0) is 46.9 Å². The van der Waals surface area contributed by atoms with Crippen LogP contribution in [0.15, 0.2) is 35.3 Å². The van der Waals surface area contributed by atoms with Crippen LogP contribution >= 0.6 is 38.5 Å². The van der Waals surface area contributed by atoms with Gasteiger partial charge in [0.15, 0.2) is 0 Å². The molecular weight excluding hydrogens is 345 g/mol. The molecule has 1 rings (SSSR count). The van der Waals surface area contributed by atoms with Crippen molar-refractivity contribution in [3.63, 3.8) is 0 Å². The van der Waals surface area contributed by atoms with E-state index >= 15 is 0 Å². The molecule has 0 radical (unpaired) electrons. The lowest BCUT2D eigenvalue weighted by atomic mass is 10.3. The van der Waals surface area contributed by atoms with Gasteiger partial charge in [-0.3, -0.25) is 4.79 Å². The van der Waals surface area contributed by atoms with Crippen molar-refractivity contribution in [1.29, 1.82) is 0 Å². The van der Waals surface area contributed by atoms with Crippen LogP contribution in [0.3, 0.4) is 0 Å². The number of hydrogen-bond donors (Lipinski definition) is 1. The Kier molecular flexibility index (Phi) is 3.92. The SMILES string of the molecule is C=CC(=O)Nc1ccc(Br)cc1I. The highest BCUT2D eigenvalue weighted by Crippen LogP contribution is 2.22. The molecule has 0 heterocycles. The van der Waals surface area contributed by atoms with E-state index in [9.17, 15) is 4.79 Å². The number of carbonyl (C=O) groups excluding carboxylic acids is 1. The van der Waals surface area contributed by atoms with Crippen molar-refractivity contribution in [2.75, 3.05) is 5.32 Å². The number of rotatable bonds is 2. The molecule has 68 valence electrons. The number of anilines is 1. The molecule has 0 bridgehead atoms. The van der Waals surface area contributed by atoms with Crippen LogP contribution in [0.5, 0.6) is 0 Å². The zero-order chi connectivity index (χ0) is 9.84. The minimum Gasteiger partial charge on any atom is -0.322 e. The molecule has 1 amide bonds. The first kappa shape index (κ1) is 10.7. The highest BCUT2D eigenvalue weighted by Gasteiger charge is 2.01. The van der Waals surface area contributed by atoms with Crippen molar-refractivity contribution in [1.82, 2.24) is 0 Å². The molecule has 1 aromatic carbocycles. The predicted molar refractivity (Wildman–Crippen MR) is 65.7 cm³/mol. The Morgan fingerprint density at radius 2 is 2.31 bits per heavy atom. The van der Waals surface area contributed by atoms with E-state index in [0.29, 0.717) is 0 Å². The highest BCUT2D eigenvalue weighted by atomic mass is 127. The van der Waals surface area contributed by atoms with Gasteiger partial charge in [-0.15, -0.1) is 0 Å². The summed E-state index contributed by atoms with van der Waals surface area (Å²) in [7, 11) is 0. The number of benzene rings is 1. The molecule has 0 aliphatic heterocycles. The smallest absolute Gasteiger partial charge is 0.247 e. The summed E-state index contributed by atoms with van der Waals surface area (Å²) in [4.78, 5) is 11.0. The molecule has 0 unspecified atom stereocenters. The fourth-order valence-corrected chi connectivity index (χ4v) is 2.21. The van der Waals surface area contributed by atoms with Crippen LogP contribution < -0.4 is 5.32 Å². The minimum atomic E-state index is -0.194. The van der Waals surface area contributed by atoms with Crippen LogP contribution in [0.1, 0.15) is 0 Å². The summed E-state index contributed by atoms with van der Waals surface area (Å²) < 4.78 is 1.98. The van der Waals surface area contributed by atoms with E-state index in [1.54, 1.807) is 0 Å². The Labute approximate surface area is 98.7 Å². The van der Waals surface area contributed by atoms with Crippen molar-refractivity contribution in [3.8, 4) is 0 Å². The molecule has 13 heavy (non-hydrogen) atoms. The Balaban J connectivity index is 2.89. The third-order valence-corrected chi connectivity index (χ3v) is 2.76. The second-order valence-corrected chi connectivity index (χ2v) is 4.40. The van der Waals surface area contributed by atoms with Crippen molar-refractivity contribution in [2.45, 2.75) is 0 Å². The molecule has 0 saturated carbocycles. The normalized spacial score (nSPS) is 9.38. The Morgan fingerprint density at radius 1 is 1.62 bits per heavy atom. The monoisotopic (exact) mass is 351 g/mol. The van der Waals surface area contributed by atoms with Gasteiger partial charge >= 0.3 is 0 Å². The summed E-state index contributed by atoms with van der Waals surface area (Å²) >= 11 is 5.50. The van der Waals surface area contributed by atoms with Gasteiger partial charge in [-0.2, -0.15) is 0 Å². The second-order valence-electron chi connectivity index (χ2n) is 2.32. The summed E-state index contributed by atoms with van der Waals surface area (Å²) in [5.41, 5.74) is 0.800. The van der Waals surface area contributed by atoms with Crippen molar-refractivity contribution < 1.29 is 4.79 Å². The van der Waals surface area contributed by atoms with Crippen LogP contribution in [0, 0.1) is 3.57 Å². The number of nitrogens with one attached hydrogen (secondary N) is 1. The van der Waals surface area contributed by atoms with Gasteiger partial charge in [0, 0.05) is 8.04 Å². The number of hydrogen-bond acceptors (Lipinski definition) is 1. The van der Waals surface area contributed by atoms with E-state index in [-0.39, 0.29) is 5.91 Å². The van der Waals surface area contributed by atoms with E-state index in [0.717, 1.165) is 13.7 Å². The lowest BCUT2D eigenvalue weighted by molar-refractivity contribution is -0.111. The van der Waals surface area contributed by atoms with Crippen molar-refractivity contribution in [2.24, 2.45) is 0 Å². The van der Waals surface area contributed by atoms with E-state index in [4.69, 9.17) is 0 Å². The van der Waals surface area contributed by atoms with Gasteiger partial charge in [0.05, 0.1) is 5.69 Å². The molecule has 0 spiro atoms. The second kappa shape index (κ2) is 4.76. The quantitative estimate of drug-likeness (QED) is 0.643. The molecule has 1 aromatic rings. The molecule has 0 aliphatic carbocycles. The zero-order valence-electron chi connectivity index (χ0n) is 6.68. The third-order valence-electron chi connectivity index (χ3n) is 1.37.